The van der Waals surface area contributed by atoms with Gasteiger partial charge in [-0.25, -0.2) is 5.01 Å². The van der Waals surface area contributed by atoms with Gasteiger partial charge in [0.1, 0.15) is 0 Å². The second-order valence-electron chi connectivity index (χ2n) is 4.63. The first-order valence-electron chi connectivity index (χ1n) is 6.21. The zero-order valence-electron chi connectivity index (χ0n) is 10.1. The molecule has 5 heteroatoms. The van der Waals surface area contributed by atoms with Crippen LogP contribution in [0.3, 0.4) is 0 Å². The van der Waals surface area contributed by atoms with Crippen LogP contribution in [0.1, 0.15) is 24.7 Å². The molecule has 1 saturated heterocycles. The molecule has 2 N–H and O–H groups in total. The molecule has 0 radical (unpaired) electrons. The largest absolute Gasteiger partial charge is 0.339 e. The smallest absolute Gasteiger partial charge is 0.230 e. The molecular formula is C13H16N4O. The van der Waals surface area contributed by atoms with Crippen LogP contribution in [-0.2, 0) is 0 Å². The normalized spacial score (nSPS) is 18.1. The van der Waals surface area contributed by atoms with Crippen LogP contribution in [-0.4, -0.2) is 28.2 Å². The molecule has 0 aliphatic carbocycles. The molecule has 0 amide bonds. The highest BCUT2D eigenvalue weighted by molar-refractivity contribution is 5.53. The number of hydrogen-bond donors (Lipinski definition) is 1. The van der Waals surface area contributed by atoms with Crippen LogP contribution in [0.4, 0.5) is 0 Å². The highest BCUT2D eigenvalue weighted by atomic mass is 16.5. The molecule has 3 rings (SSSR count). The number of benzene rings is 1. The Balaban J connectivity index is 1.78. The van der Waals surface area contributed by atoms with Gasteiger partial charge in [0.2, 0.25) is 11.7 Å². The Morgan fingerprint density at radius 3 is 2.61 bits per heavy atom. The van der Waals surface area contributed by atoms with E-state index in [1.807, 2.05) is 35.3 Å². The van der Waals surface area contributed by atoms with Gasteiger partial charge in [-0.15, -0.1) is 0 Å². The van der Waals surface area contributed by atoms with Crippen LogP contribution in [0, 0.1) is 0 Å². The van der Waals surface area contributed by atoms with Crippen LogP contribution in [0.15, 0.2) is 34.9 Å². The minimum atomic E-state index is 0.342. The zero-order chi connectivity index (χ0) is 12.4. The number of nitrogens with two attached hydrogens (primary N) is 1. The quantitative estimate of drug-likeness (QED) is 0.816. The van der Waals surface area contributed by atoms with E-state index in [1.54, 1.807) is 0 Å². The molecule has 1 aromatic heterocycles. The van der Waals surface area contributed by atoms with E-state index in [-0.39, 0.29) is 0 Å². The maximum atomic E-state index is 5.74. The van der Waals surface area contributed by atoms with Crippen LogP contribution >= 0.6 is 0 Å². The maximum absolute atomic E-state index is 5.74. The predicted octanol–water partition coefficient (Wildman–Crippen LogP) is 1.79. The van der Waals surface area contributed by atoms with Crippen molar-refractivity contribution in [2.75, 3.05) is 13.1 Å². The van der Waals surface area contributed by atoms with Crippen molar-refractivity contribution in [1.82, 2.24) is 15.1 Å². The Kier molecular flexibility index (Phi) is 3.08. The molecule has 0 bridgehead atoms. The number of hydrazine groups is 1. The Labute approximate surface area is 106 Å². The molecule has 0 unspecified atom stereocenters. The Morgan fingerprint density at radius 2 is 1.89 bits per heavy atom. The fourth-order valence-corrected chi connectivity index (χ4v) is 2.25. The van der Waals surface area contributed by atoms with E-state index in [2.05, 4.69) is 10.1 Å². The van der Waals surface area contributed by atoms with Crippen molar-refractivity contribution in [1.29, 1.82) is 0 Å². The third-order valence-corrected chi connectivity index (χ3v) is 3.35. The Morgan fingerprint density at radius 1 is 1.17 bits per heavy atom. The Hall–Kier alpha value is -1.72. The molecular weight excluding hydrogens is 228 g/mol. The molecule has 18 heavy (non-hydrogen) atoms. The van der Waals surface area contributed by atoms with Gasteiger partial charge in [0.15, 0.2) is 0 Å². The number of nitrogens with zero attached hydrogens (tertiary/aromatic N) is 3. The van der Waals surface area contributed by atoms with Crippen LogP contribution in [0.25, 0.3) is 11.4 Å². The molecule has 1 aliphatic rings. The van der Waals surface area contributed by atoms with E-state index in [9.17, 15) is 0 Å². The summed E-state index contributed by atoms with van der Waals surface area (Å²) in [5.74, 6) is 7.49. The number of aromatic nitrogens is 2. The van der Waals surface area contributed by atoms with E-state index < -0.39 is 0 Å². The summed E-state index contributed by atoms with van der Waals surface area (Å²) in [5, 5.41) is 5.89. The third-order valence-electron chi connectivity index (χ3n) is 3.35. The molecule has 2 heterocycles. The van der Waals surface area contributed by atoms with Crippen molar-refractivity contribution >= 4 is 0 Å². The van der Waals surface area contributed by atoms with Crippen molar-refractivity contribution < 1.29 is 4.52 Å². The summed E-state index contributed by atoms with van der Waals surface area (Å²) in [4.78, 5) is 4.49. The SMILES string of the molecule is NN1CCC(c2nc(-c3ccccc3)no2)CC1. The highest BCUT2D eigenvalue weighted by Gasteiger charge is 2.24. The van der Waals surface area contributed by atoms with Gasteiger partial charge in [0, 0.05) is 24.6 Å². The molecule has 1 aromatic carbocycles. The lowest BCUT2D eigenvalue weighted by Gasteiger charge is -2.25. The minimum absolute atomic E-state index is 0.342. The van der Waals surface area contributed by atoms with E-state index in [0.717, 1.165) is 37.4 Å². The van der Waals surface area contributed by atoms with Crippen molar-refractivity contribution in [2.24, 2.45) is 5.84 Å². The molecule has 0 spiro atoms. The maximum Gasteiger partial charge on any atom is 0.230 e. The van der Waals surface area contributed by atoms with E-state index >= 15 is 0 Å². The molecule has 5 nitrogen and oxygen atoms in total. The summed E-state index contributed by atoms with van der Waals surface area (Å²) in [6.45, 7) is 1.77. The highest BCUT2D eigenvalue weighted by Crippen LogP contribution is 2.27. The first-order chi connectivity index (χ1) is 8.83. The first-order valence-corrected chi connectivity index (χ1v) is 6.21. The lowest BCUT2D eigenvalue weighted by atomic mass is 9.98. The number of hydrogen-bond acceptors (Lipinski definition) is 5. The van der Waals surface area contributed by atoms with Gasteiger partial charge in [-0.05, 0) is 12.8 Å². The van der Waals surface area contributed by atoms with Crippen molar-refractivity contribution in [3.63, 3.8) is 0 Å². The zero-order valence-corrected chi connectivity index (χ0v) is 10.1. The topological polar surface area (TPSA) is 68.2 Å². The van der Waals surface area contributed by atoms with E-state index in [1.165, 1.54) is 0 Å². The monoisotopic (exact) mass is 244 g/mol. The van der Waals surface area contributed by atoms with Gasteiger partial charge in [0.05, 0.1) is 0 Å². The van der Waals surface area contributed by atoms with Gasteiger partial charge in [-0.3, -0.25) is 5.84 Å². The average Bonchev–Trinajstić information content (AvgIpc) is 2.90. The van der Waals surface area contributed by atoms with Crippen LogP contribution in [0.5, 0.6) is 0 Å². The second kappa shape index (κ2) is 4.88. The summed E-state index contributed by atoms with van der Waals surface area (Å²) < 4.78 is 5.37. The molecule has 94 valence electrons. The van der Waals surface area contributed by atoms with Gasteiger partial charge in [0.25, 0.3) is 0 Å². The first kappa shape index (κ1) is 11.4. The summed E-state index contributed by atoms with van der Waals surface area (Å²) in [7, 11) is 0. The van der Waals surface area contributed by atoms with Gasteiger partial charge < -0.3 is 4.52 Å². The summed E-state index contributed by atoms with van der Waals surface area (Å²) in [5.41, 5.74) is 0.990. The second-order valence-corrected chi connectivity index (χ2v) is 4.63. The predicted molar refractivity (Wildman–Crippen MR) is 67.5 cm³/mol. The third kappa shape index (κ3) is 2.27. The van der Waals surface area contributed by atoms with Gasteiger partial charge in [-0.2, -0.15) is 4.98 Å². The van der Waals surface area contributed by atoms with Crippen LogP contribution in [0.2, 0.25) is 0 Å². The summed E-state index contributed by atoms with van der Waals surface area (Å²) >= 11 is 0. The lowest BCUT2D eigenvalue weighted by molar-refractivity contribution is 0.198. The minimum Gasteiger partial charge on any atom is -0.339 e. The van der Waals surface area contributed by atoms with E-state index in [4.69, 9.17) is 10.4 Å². The summed E-state index contributed by atoms with van der Waals surface area (Å²) in [6.07, 6.45) is 1.96. The molecule has 0 atom stereocenters. The standard InChI is InChI=1S/C13H16N4O/c14-17-8-6-11(7-9-17)13-15-12(16-18-13)10-4-2-1-3-5-10/h1-5,11H,6-9,14H2. The molecule has 1 fully saturated rings. The average molecular weight is 244 g/mol. The number of piperidine rings is 1. The molecule has 0 saturated carbocycles. The molecule has 1 aliphatic heterocycles. The van der Waals surface area contributed by atoms with Crippen molar-refractivity contribution in [3.05, 3.63) is 36.2 Å². The van der Waals surface area contributed by atoms with Crippen molar-refractivity contribution in [2.45, 2.75) is 18.8 Å². The fraction of sp³-hybridized carbons (Fsp3) is 0.385. The lowest BCUT2D eigenvalue weighted by Crippen LogP contribution is -2.38. The summed E-state index contributed by atoms with van der Waals surface area (Å²) in [6, 6.07) is 9.88. The number of rotatable bonds is 2. The molecule has 2 aromatic rings. The van der Waals surface area contributed by atoms with Gasteiger partial charge in [-0.1, -0.05) is 35.5 Å². The fourth-order valence-electron chi connectivity index (χ4n) is 2.25. The van der Waals surface area contributed by atoms with Gasteiger partial charge >= 0.3 is 0 Å². The van der Waals surface area contributed by atoms with E-state index in [0.29, 0.717) is 11.7 Å². The van der Waals surface area contributed by atoms with Crippen LogP contribution < -0.4 is 5.84 Å². The Bertz CT molecular complexity index is 503. The van der Waals surface area contributed by atoms with Crippen molar-refractivity contribution in [3.8, 4) is 11.4 Å².